The summed E-state index contributed by atoms with van der Waals surface area (Å²) in [4.78, 5) is 0. The monoisotopic (exact) mass is 270 g/mol. The average molecular weight is 271 g/mol. The van der Waals surface area contributed by atoms with Gasteiger partial charge >= 0.3 is 6.18 Å². The molecule has 0 aliphatic heterocycles. The van der Waals surface area contributed by atoms with Crippen molar-refractivity contribution < 1.29 is 23.4 Å². The molecule has 0 aromatic heterocycles. The fourth-order valence-electron chi connectivity index (χ4n) is 0.929. The third-order valence-corrected chi connectivity index (χ3v) is 2.26. The van der Waals surface area contributed by atoms with Crippen molar-refractivity contribution in [2.45, 2.75) is 12.3 Å². The SMILES string of the molecule is Oc1c(Br)cccc1[C@H](O)C(F)(F)F. The molecule has 0 bridgehead atoms. The van der Waals surface area contributed by atoms with Gasteiger partial charge in [-0.15, -0.1) is 0 Å². The summed E-state index contributed by atoms with van der Waals surface area (Å²) in [5, 5.41) is 18.1. The summed E-state index contributed by atoms with van der Waals surface area (Å²) in [6.07, 6.45) is -7.45. The van der Waals surface area contributed by atoms with Gasteiger partial charge in [0.25, 0.3) is 0 Å². The lowest BCUT2D eigenvalue weighted by molar-refractivity contribution is -0.207. The Morgan fingerprint density at radius 3 is 2.36 bits per heavy atom. The summed E-state index contributed by atoms with van der Waals surface area (Å²) < 4.78 is 36.3. The van der Waals surface area contributed by atoms with Gasteiger partial charge in [-0.25, -0.2) is 0 Å². The molecule has 0 radical (unpaired) electrons. The molecule has 0 saturated heterocycles. The Morgan fingerprint density at radius 2 is 1.86 bits per heavy atom. The van der Waals surface area contributed by atoms with E-state index in [1.807, 2.05) is 0 Å². The third kappa shape index (κ3) is 2.19. The van der Waals surface area contributed by atoms with Crippen LogP contribution in [0, 0.1) is 0 Å². The van der Waals surface area contributed by atoms with Gasteiger partial charge in [0.15, 0.2) is 6.10 Å². The number of benzene rings is 1. The minimum Gasteiger partial charge on any atom is -0.506 e. The molecule has 0 saturated carbocycles. The molecule has 0 aliphatic carbocycles. The second kappa shape index (κ2) is 3.78. The first-order valence-corrected chi connectivity index (χ1v) is 4.35. The van der Waals surface area contributed by atoms with Gasteiger partial charge in [-0.3, -0.25) is 0 Å². The molecule has 14 heavy (non-hydrogen) atoms. The van der Waals surface area contributed by atoms with E-state index in [1.165, 1.54) is 12.1 Å². The van der Waals surface area contributed by atoms with Gasteiger partial charge in [0, 0.05) is 5.56 Å². The highest BCUT2D eigenvalue weighted by molar-refractivity contribution is 9.10. The maximum atomic E-state index is 12.1. The molecular formula is C8H6BrF3O2. The van der Waals surface area contributed by atoms with Crippen molar-refractivity contribution >= 4 is 15.9 Å². The van der Waals surface area contributed by atoms with Crippen LogP contribution in [0.1, 0.15) is 11.7 Å². The van der Waals surface area contributed by atoms with E-state index >= 15 is 0 Å². The van der Waals surface area contributed by atoms with E-state index in [-0.39, 0.29) is 4.47 Å². The summed E-state index contributed by atoms with van der Waals surface area (Å²) in [6, 6.07) is 3.69. The number of phenolic OH excluding ortho intramolecular Hbond substituents is 1. The number of aliphatic hydroxyl groups excluding tert-OH is 1. The number of alkyl halides is 3. The largest absolute Gasteiger partial charge is 0.506 e. The van der Waals surface area contributed by atoms with Crippen molar-refractivity contribution in [3.63, 3.8) is 0 Å². The van der Waals surface area contributed by atoms with Crippen LogP contribution in [0.4, 0.5) is 13.2 Å². The van der Waals surface area contributed by atoms with Crippen LogP contribution in [-0.4, -0.2) is 16.4 Å². The molecule has 0 spiro atoms. The second-order valence-corrected chi connectivity index (χ2v) is 3.48. The second-order valence-electron chi connectivity index (χ2n) is 2.62. The highest BCUT2D eigenvalue weighted by atomic mass is 79.9. The molecule has 2 N–H and O–H groups in total. The molecule has 2 nitrogen and oxygen atoms in total. The standard InChI is InChI=1S/C8H6BrF3O2/c9-5-3-1-2-4(6(5)13)7(14)8(10,11)12/h1-3,7,13-14H/t7-/m0/s1. The Bertz CT molecular complexity index is 338. The molecule has 0 unspecified atom stereocenters. The normalized spacial score (nSPS) is 14.1. The third-order valence-electron chi connectivity index (χ3n) is 1.62. The number of phenols is 1. The molecule has 78 valence electrons. The van der Waals surface area contributed by atoms with Gasteiger partial charge in [0.1, 0.15) is 5.75 Å². The minimum absolute atomic E-state index is 0.110. The van der Waals surface area contributed by atoms with Crippen molar-refractivity contribution in [3.8, 4) is 5.75 Å². The maximum Gasteiger partial charge on any atom is 0.418 e. The van der Waals surface area contributed by atoms with Gasteiger partial charge in [-0.1, -0.05) is 12.1 Å². The highest BCUT2D eigenvalue weighted by Crippen LogP contribution is 2.39. The number of hydrogen-bond donors (Lipinski definition) is 2. The highest BCUT2D eigenvalue weighted by Gasteiger charge is 2.40. The first-order valence-electron chi connectivity index (χ1n) is 3.56. The van der Waals surface area contributed by atoms with Gasteiger partial charge in [-0.05, 0) is 22.0 Å². The molecular weight excluding hydrogens is 265 g/mol. The number of aliphatic hydroxyl groups is 1. The van der Waals surface area contributed by atoms with Gasteiger partial charge in [0.05, 0.1) is 4.47 Å². The van der Waals surface area contributed by atoms with E-state index < -0.39 is 23.6 Å². The summed E-state index contributed by atoms with van der Waals surface area (Å²) in [5.41, 5.74) is -0.563. The number of hydrogen-bond acceptors (Lipinski definition) is 2. The van der Waals surface area contributed by atoms with Crippen LogP contribution in [0.25, 0.3) is 0 Å². The zero-order chi connectivity index (χ0) is 10.9. The predicted molar refractivity (Wildman–Crippen MR) is 46.8 cm³/mol. The zero-order valence-corrected chi connectivity index (χ0v) is 8.30. The zero-order valence-electron chi connectivity index (χ0n) is 6.72. The summed E-state index contributed by atoms with van der Waals surface area (Å²) in [7, 11) is 0. The minimum atomic E-state index is -4.78. The van der Waals surface area contributed by atoms with E-state index in [0.29, 0.717) is 0 Å². The molecule has 0 aliphatic rings. The topological polar surface area (TPSA) is 40.5 Å². The van der Waals surface area contributed by atoms with E-state index in [1.54, 1.807) is 0 Å². The van der Waals surface area contributed by atoms with Crippen LogP contribution in [0.2, 0.25) is 0 Å². The van der Waals surface area contributed by atoms with Gasteiger partial charge in [0.2, 0.25) is 0 Å². The number of aromatic hydroxyl groups is 1. The Balaban J connectivity index is 3.14. The van der Waals surface area contributed by atoms with Crippen LogP contribution < -0.4 is 0 Å². The van der Waals surface area contributed by atoms with Crippen molar-refractivity contribution in [3.05, 3.63) is 28.2 Å². The molecule has 1 aromatic rings. The van der Waals surface area contributed by atoms with E-state index in [2.05, 4.69) is 15.9 Å². The molecule has 1 atom stereocenters. The van der Waals surface area contributed by atoms with Gasteiger partial charge in [-0.2, -0.15) is 13.2 Å². The van der Waals surface area contributed by atoms with Crippen LogP contribution in [0.3, 0.4) is 0 Å². The fourth-order valence-corrected chi connectivity index (χ4v) is 1.31. The Hall–Kier alpha value is -0.750. The lowest BCUT2D eigenvalue weighted by atomic mass is 10.1. The molecule has 1 aromatic carbocycles. The number of rotatable bonds is 1. The van der Waals surface area contributed by atoms with Crippen molar-refractivity contribution in [1.29, 1.82) is 0 Å². The van der Waals surface area contributed by atoms with E-state index in [4.69, 9.17) is 5.11 Å². The van der Waals surface area contributed by atoms with Crippen molar-refractivity contribution in [2.75, 3.05) is 0 Å². The summed E-state index contributed by atoms with van der Waals surface area (Å²) in [6.45, 7) is 0. The average Bonchev–Trinajstić information content (AvgIpc) is 2.07. The quantitative estimate of drug-likeness (QED) is 0.824. The Morgan fingerprint density at radius 1 is 1.29 bits per heavy atom. The van der Waals surface area contributed by atoms with Crippen molar-refractivity contribution in [1.82, 2.24) is 0 Å². The van der Waals surface area contributed by atoms with Crippen LogP contribution in [0.5, 0.6) is 5.75 Å². The molecule has 1 rings (SSSR count). The van der Waals surface area contributed by atoms with Crippen molar-refractivity contribution in [2.24, 2.45) is 0 Å². The molecule has 0 heterocycles. The van der Waals surface area contributed by atoms with E-state index in [0.717, 1.165) is 6.07 Å². The molecule has 0 fully saturated rings. The summed E-state index contributed by atoms with van der Waals surface area (Å²) in [5.74, 6) is -0.600. The predicted octanol–water partition coefficient (Wildman–Crippen LogP) is 2.75. The first-order chi connectivity index (χ1) is 6.34. The van der Waals surface area contributed by atoms with Gasteiger partial charge < -0.3 is 10.2 Å². The lowest BCUT2D eigenvalue weighted by Crippen LogP contribution is -2.20. The number of halogens is 4. The van der Waals surface area contributed by atoms with Crippen LogP contribution in [-0.2, 0) is 0 Å². The Kier molecular flexibility index (Phi) is 3.06. The molecule has 0 amide bonds. The maximum absolute atomic E-state index is 12.1. The van der Waals surface area contributed by atoms with Crippen LogP contribution >= 0.6 is 15.9 Å². The summed E-state index contributed by atoms with van der Waals surface area (Å²) >= 11 is 2.85. The smallest absolute Gasteiger partial charge is 0.418 e. The van der Waals surface area contributed by atoms with Crippen LogP contribution in [0.15, 0.2) is 22.7 Å². The van der Waals surface area contributed by atoms with E-state index in [9.17, 15) is 18.3 Å². The number of para-hydroxylation sites is 1. The Labute approximate surface area is 86.1 Å². The molecule has 6 heteroatoms. The lowest BCUT2D eigenvalue weighted by Gasteiger charge is -2.16. The first kappa shape index (κ1) is 11.3. The fraction of sp³-hybridized carbons (Fsp3) is 0.250.